The fraction of sp³-hybridized carbons (Fsp3) is 0.657. The fourth-order valence-electron chi connectivity index (χ4n) is 3.99. The highest BCUT2D eigenvalue weighted by Gasteiger charge is 2.39. The third-order valence-corrected chi connectivity index (χ3v) is 7.79. The van der Waals surface area contributed by atoms with Gasteiger partial charge in [-0.2, -0.15) is 8.78 Å². The molecule has 0 aromatic rings. The Hall–Kier alpha value is -2.04. The Kier molecular flexibility index (Phi) is 20.0. The van der Waals surface area contributed by atoms with Gasteiger partial charge in [0, 0.05) is 11.6 Å². The van der Waals surface area contributed by atoms with E-state index in [1.165, 1.54) is 26.7 Å². The van der Waals surface area contributed by atoms with Crippen LogP contribution in [0.4, 0.5) is 17.6 Å². The first kappa shape index (κ1) is 40.1. The first-order chi connectivity index (χ1) is 18.4. The number of ether oxygens (including phenoxy) is 1. The van der Waals surface area contributed by atoms with E-state index < -0.39 is 29.4 Å². The minimum absolute atomic E-state index is 0.0466. The molecule has 5 atom stereocenters. The molecule has 0 saturated heterocycles. The van der Waals surface area contributed by atoms with Crippen LogP contribution in [0.3, 0.4) is 0 Å². The van der Waals surface area contributed by atoms with Gasteiger partial charge in [-0.05, 0) is 66.6 Å². The SMILES string of the molecule is C=C(/C=C(/F)C(=C)C(=C)/C=C(/F)C(=C)C)OC(F)(F)C(C)CCC(C)C(C)CCC(C)C(C)CCC(C)C.CC. The van der Waals surface area contributed by atoms with Crippen LogP contribution in [0.15, 0.2) is 72.6 Å². The van der Waals surface area contributed by atoms with Crippen molar-refractivity contribution in [1.82, 2.24) is 0 Å². The van der Waals surface area contributed by atoms with Crippen molar-refractivity contribution in [2.75, 3.05) is 0 Å². The highest BCUT2D eigenvalue weighted by molar-refractivity contribution is 5.49. The van der Waals surface area contributed by atoms with E-state index in [4.69, 9.17) is 4.74 Å². The number of allylic oxidation sites excluding steroid dienone is 7. The van der Waals surface area contributed by atoms with E-state index in [9.17, 15) is 17.6 Å². The van der Waals surface area contributed by atoms with E-state index in [1.54, 1.807) is 0 Å². The van der Waals surface area contributed by atoms with Gasteiger partial charge in [-0.1, -0.05) is 114 Å². The van der Waals surface area contributed by atoms with Gasteiger partial charge in [0.05, 0.1) is 5.92 Å². The first-order valence-corrected chi connectivity index (χ1v) is 14.9. The number of rotatable bonds is 19. The normalized spacial score (nSPS) is 16.3. The standard InChI is InChI=1S/C33H52F4O.C2H6/c1-21(2)13-14-23(5)24(6)15-16-25(7)26(8)17-18-28(10)33(36,37)38-29(11)20-32(35)30(12)27(9)19-31(34)22(3)4;1-2/h19-21,23-26,28H,3,9,11-18H2,1-2,4-8,10H3;1-2H3/b31-19+,32-20+;. The van der Waals surface area contributed by atoms with Crippen LogP contribution < -0.4 is 0 Å². The molecule has 0 aromatic heterocycles. The Morgan fingerprint density at radius 1 is 0.675 bits per heavy atom. The average molecular weight is 571 g/mol. The summed E-state index contributed by atoms with van der Waals surface area (Å²) in [5.41, 5.74) is -0.154. The Labute approximate surface area is 244 Å². The second-order valence-electron chi connectivity index (χ2n) is 11.8. The predicted octanol–water partition coefficient (Wildman–Crippen LogP) is 12.7. The molecule has 0 N–H and O–H groups in total. The lowest BCUT2D eigenvalue weighted by Gasteiger charge is -2.28. The molecule has 0 saturated carbocycles. The minimum Gasteiger partial charge on any atom is -0.433 e. The average Bonchev–Trinajstić information content (AvgIpc) is 2.88. The van der Waals surface area contributed by atoms with Gasteiger partial charge in [-0.25, -0.2) is 8.78 Å². The van der Waals surface area contributed by atoms with Crippen molar-refractivity contribution in [2.45, 2.75) is 114 Å². The van der Waals surface area contributed by atoms with Crippen LogP contribution in [0.2, 0.25) is 0 Å². The Balaban J connectivity index is 0. The van der Waals surface area contributed by atoms with Gasteiger partial charge < -0.3 is 4.74 Å². The van der Waals surface area contributed by atoms with E-state index in [1.807, 2.05) is 13.8 Å². The molecule has 0 aliphatic heterocycles. The summed E-state index contributed by atoms with van der Waals surface area (Å²) >= 11 is 0. The van der Waals surface area contributed by atoms with Crippen LogP contribution in [0, 0.1) is 35.5 Å². The van der Waals surface area contributed by atoms with Crippen LogP contribution in [0.1, 0.15) is 108 Å². The van der Waals surface area contributed by atoms with Crippen molar-refractivity contribution in [3.05, 3.63) is 72.6 Å². The highest BCUT2D eigenvalue weighted by atomic mass is 19.3. The van der Waals surface area contributed by atoms with E-state index in [-0.39, 0.29) is 23.1 Å². The van der Waals surface area contributed by atoms with Crippen LogP contribution in [0.25, 0.3) is 0 Å². The van der Waals surface area contributed by atoms with Gasteiger partial charge in [0.15, 0.2) is 0 Å². The summed E-state index contributed by atoms with van der Waals surface area (Å²) in [7, 11) is 0. The maximum Gasteiger partial charge on any atom is 0.400 e. The first-order valence-electron chi connectivity index (χ1n) is 14.9. The van der Waals surface area contributed by atoms with Gasteiger partial charge in [-0.3, -0.25) is 0 Å². The predicted molar refractivity (Wildman–Crippen MR) is 166 cm³/mol. The zero-order valence-electron chi connectivity index (χ0n) is 27.1. The van der Waals surface area contributed by atoms with Crippen molar-refractivity contribution >= 4 is 0 Å². The Morgan fingerprint density at radius 3 is 1.48 bits per heavy atom. The lowest BCUT2D eigenvalue weighted by molar-refractivity contribution is -0.245. The third kappa shape index (κ3) is 16.3. The summed E-state index contributed by atoms with van der Waals surface area (Å²) in [4.78, 5) is 0. The minimum atomic E-state index is -3.51. The lowest BCUT2D eigenvalue weighted by Crippen LogP contribution is -2.29. The van der Waals surface area contributed by atoms with Crippen molar-refractivity contribution in [1.29, 1.82) is 0 Å². The smallest absolute Gasteiger partial charge is 0.400 e. The molecule has 0 spiro atoms. The molecular formula is C35H58F4O. The fourth-order valence-corrected chi connectivity index (χ4v) is 3.99. The van der Waals surface area contributed by atoms with Crippen LogP contribution in [-0.4, -0.2) is 6.11 Å². The second kappa shape index (κ2) is 19.9. The molecular weight excluding hydrogens is 512 g/mol. The zero-order chi connectivity index (χ0) is 31.8. The molecule has 0 aliphatic carbocycles. The lowest BCUT2D eigenvalue weighted by atomic mass is 9.81. The van der Waals surface area contributed by atoms with Crippen LogP contribution in [0.5, 0.6) is 0 Å². The maximum absolute atomic E-state index is 14.7. The number of hydrogen-bond donors (Lipinski definition) is 0. The molecule has 232 valence electrons. The summed E-state index contributed by atoms with van der Waals surface area (Å²) in [6.45, 7) is 34.2. The van der Waals surface area contributed by atoms with Crippen molar-refractivity contribution < 1.29 is 22.3 Å². The molecule has 0 aromatic carbocycles. The number of alkyl halides is 2. The van der Waals surface area contributed by atoms with E-state index in [0.29, 0.717) is 36.2 Å². The quantitative estimate of drug-likeness (QED) is 0.0852. The third-order valence-electron chi connectivity index (χ3n) is 7.79. The van der Waals surface area contributed by atoms with E-state index >= 15 is 0 Å². The van der Waals surface area contributed by atoms with Crippen LogP contribution in [-0.2, 0) is 4.74 Å². The summed E-state index contributed by atoms with van der Waals surface area (Å²) in [5, 5.41) is 0. The maximum atomic E-state index is 14.7. The van der Waals surface area contributed by atoms with Crippen molar-refractivity contribution in [3.63, 3.8) is 0 Å². The monoisotopic (exact) mass is 570 g/mol. The zero-order valence-corrected chi connectivity index (χ0v) is 27.1. The largest absolute Gasteiger partial charge is 0.433 e. The van der Waals surface area contributed by atoms with Gasteiger partial charge in [0.2, 0.25) is 0 Å². The molecule has 40 heavy (non-hydrogen) atoms. The molecule has 0 aliphatic rings. The molecule has 0 heterocycles. The topological polar surface area (TPSA) is 9.23 Å². The molecule has 0 rings (SSSR count). The second-order valence-corrected chi connectivity index (χ2v) is 11.8. The van der Waals surface area contributed by atoms with Gasteiger partial charge in [0.1, 0.15) is 17.4 Å². The number of halogens is 4. The summed E-state index contributed by atoms with van der Waals surface area (Å²) in [6, 6.07) is 0. The summed E-state index contributed by atoms with van der Waals surface area (Å²) in [6.07, 6.45) is 3.82. The highest BCUT2D eigenvalue weighted by Crippen LogP contribution is 2.35. The van der Waals surface area contributed by atoms with Gasteiger partial charge in [0.25, 0.3) is 0 Å². The Morgan fingerprint density at radius 2 is 1.07 bits per heavy atom. The van der Waals surface area contributed by atoms with Gasteiger partial charge >= 0.3 is 6.11 Å². The van der Waals surface area contributed by atoms with Crippen molar-refractivity contribution in [3.8, 4) is 0 Å². The van der Waals surface area contributed by atoms with E-state index in [0.717, 1.165) is 24.8 Å². The Bertz CT molecular complexity index is 865. The molecule has 0 fully saturated rings. The molecule has 5 heteroatoms. The molecule has 1 nitrogen and oxygen atoms in total. The van der Waals surface area contributed by atoms with E-state index in [2.05, 4.69) is 67.9 Å². The van der Waals surface area contributed by atoms with Crippen LogP contribution >= 0.6 is 0 Å². The number of hydrogen-bond acceptors (Lipinski definition) is 1. The molecule has 0 bridgehead atoms. The van der Waals surface area contributed by atoms with Crippen molar-refractivity contribution in [2.24, 2.45) is 35.5 Å². The molecule has 5 unspecified atom stereocenters. The van der Waals surface area contributed by atoms with Gasteiger partial charge in [-0.15, -0.1) is 0 Å². The molecule has 0 radical (unpaired) electrons. The molecule has 0 amide bonds. The summed E-state index contributed by atoms with van der Waals surface area (Å²) < 4.78 is 62.3. The summed E-state index contributed by atoms with van der Waals surface area (Å²) in [5.74, 6) is -0.482.